The highest BCUT2D eigenvalue weighted by Gasteiger charge is 2.48. The molecule has 0 aromatic heterocycles. The number of thioether (sulfide) groups is 1. The van der Waals surface area contributed by atoms with Gasteiger partial charge in [0.1, 0.15) is 11.1 Å². The zero-order valence-corrected chi connectivity index (χ0v) is 14.9. The Morgan fingerprint density at radius 1 is 1.08 bits per heavy atom. The molecule has 2 heterocycles. The Bertz CT molecular complexity index is 897. The van der Waals surface area contributed by atoms with Crippen LogP contribution in [-0.4, -0.2) is 28.1 Å². The van der Waals surface area contributed by atoms with E-state index in [0.717, 1.165) is 16.0 Å². The maximum atomic E-state index is 14.3. The molecular weight excluding hydrogens is 351 g/mol. The summed E-state index contributed by atoms with van der Waals surface area (Å²) in [5.74, 6) is -0.959. The smallest absolute Gasteiger partial charge is 0.312 e. The van der Waals surface area contributed by atoms with Crippen LogP contribution < -0.4 is 4.90 Å². The second-order valence-corrected chi connectivity index (χ2v) is 7.45. The molecule has 2 aromatic carbocycles. The zero-order valence-electron chi connectivity index (χ0n) is 14.1. The molecule has 1 saturated heterocycles. The number of halogens is 1. The number of hydrogen-bond acceptors (Lipinski definition) is 3. The second kappa shape index (κ2) is 6.61. The standard InChI is InChI=1S/C20H17FN2O2S/c1-13-6-8-14(9-7-13)12-22-17-10-11-26-18(17)19(24)23(20(22)25)16-5-3-2-4-15(16)21/h2-11,17-18H,12H2,1H3. The van der Waals surface area contributed by atoms with E-state index in [-0.39, 0.29) is 17.6 Å². The normalized spacial score (nSPS) is 22.1. The number of nitrogens with zero attached hydrogens (tertiary/aromatic N) is 2. The summed E-state index contributed by atoms with van der Waals surface area (Å²) in [6.07, 6.45) is 1.87. The van der Waals surface area contributed by atoms with E-state index < -0.39 is 17.1 Å². The fraction of sp³-hybridized carbons (Fsp3) is 0.200. The van der Waals surface area contributed by atoms with Gasteiger partial charge in [-0.2, -0.15) is 0 Å². The van der Waals surface area contributed by atoms with Gasteiger partial charge in [-0.3, -0.25) is 4.79 Å². The first kappa shape index (κ1) is 16.8. The van der Waals surface area contributed by atoms with Crippen LogP contribution in [-0.2, 0) is 11.3 Å². The van der Waals surface area contributed by atoms with E-state index >= 15 is 0 Å². The van der Waals surface area contributed by atoms with Crippen molar-refractivity contribution in [2.45, 2.75) is 24.8 Å². The van der Waals surface area contributed by atoms with Crippen LogP contribution in [0.4, 0.5) is 14.9 Å². The molecule has 26 heavy (non-hydrogen) atoms. The maximum Gasteiger partial charge on any atom is 0.332 e. The van der Waals surface area contributed by atoms with Crippen LogP contribution in [0, 0.1) is 12.7 Å². The van der Waals surface area contributed by atoms with Crippen molar-refractivity contribution in [3.8, 4) is 0 Å². The zero-order chi connectivity index (χ0) is 18.3. The summed E-state index contributed by atoms with van der Waals surface area (Å²) in [6, 6.07) is 13.0. The maximum absolute atomic E-state index is 14.3. The Labute approximate surface area is 155 Å². The molecule has 0 bridgehead atoms. The average molecular weight is 368 g/mol. The lowest BCUT2D eigenvalue weighted by Crippen LogP contribution is -2.61. The molecule has 132 valence electrons. The van der Waals surface area contributed by atoms with Crippen molar-refractivity contribution in [2.24, 2.45) is 0 Å². The highest BCUT2D eigenvalue weighted by atomic mass is 32.2. The van der Waals surface area contributed by atoms with Gasteiger partial charge in [0.05, 0.1) is 11.7 Å². The molecule has 2 aliphatic rings. The first-order chi connectivity index (χ1) is 12.6. The molecule has 6 heteroatoms. The molecule has 2 aliphatic heterocycles. The fourth-order valence-corrected chi connectivity index (χ4v) is 4.30. The number of benzene rings is 2. The topological polar surface area (TPSA) is 40.6 Å². The molecule has 0 aliphatic carbocycles. The Morgan fingerprint density at radius 3 is 2.54 bits per heavy atom. The Hall–Kier alpha value is -2.60. The number of rotatable bonds is 3. The van der Waals surface area contributed by atoms with E-state index in [9.17, 15) is 14.0 Å². The predicted molar refractivity (Wildman–Crippen MR) is 100 cm³/mol. The van der Waals surface area contributed by atoms with E-state index in [1.165, 1.54) is 30.0 Å². The third-order valence-electron chi connectivity index (χ3n) is 4.64. The molecule has 2 atom stereocenters. The molecule has 2 unspecified atom stereocenters. The van der Waals surface area contributed by atoms with Crippen molar-refractivity contribution in [1.29, 1.82) is 0 Å². The van der Waals surface area contributed by atoms with Gasteiger partial charge in [0.2, 0.25) is 0 Å². The number of fused-ring (bicyclic) bond motifs is 1. The SMILES string of the molecule is Cc1ccc(CN2C(=O)N(c3ccccc3F)C(=O)C3SC=CC32)cc1. The fourth-order valence-electron chi connectivity index (χ4n) is 3.26. The van der Waals surface area contributed by atoms with Gasteiger partial charge >= 0.3 is 6.03 Å². The van der Waals surface area contributed by atoms with Crippen molar-refractivity contribution in [2.75, 3.05) is 4.90 Å². The van der Waals surface area contributed by atoms with Crippen LogP contribution in [0.3, 0.4) is 0 Å². The van der Waals surface area contributed by atoms with Gasteiger partial charge in [-0.15, -0.1) is 11.8 Å². The predicted octanol–water partition coefficient (Wildman–Crippen LogP) is 4.10. The highest BCUT2D eigenvalue weighted by Crippen LogP contribution is 2.37. The van der Waals surface area contributed by atoms with Gasteiger partial charge < -0.3 is 4.90 Å². The molecular formula is C20H17FN2O2S. The van der Waals surface area contributed by atoms with Crippen LogP contribution in [0.15, 0.2) is 60.0 Å². The summed E-state index contributed by atoms with van der Waals surface area (Å²) in [5.41, 5.74) is 2.11. The molecule has 0 spiro atoms. The lowest BCUT2D eigenvalue weighted by atomic mass is 10.1. The molecule has 4 nitrogen and oxygen atoms in total. The largest absolute Gasteiger partial charge is 0.332 e. The van der Waals surface area contributed by atoms with Crippen molar-refractivity contribution in [1.82, 2.24) is 4.90 Å². The number of carbonyl (C=O) groups is 2. The average Bonchev–Trinajstić information content (AvgIpc) is 3.12. The molecule has 1 fully saturated rings. The molecule has 2 aromatic rings. The Balaban J connectivity index is 1.71. The van der Waals surface area contributed by atoms with Gasteiger partial charge in [-0.25, -0.2) is 14.1 Å². The minimum atomic E-state index is -0.584. The number of para-hydroxylation sites is 1. The Morgan fingerprint density at radius 2 is 1.81 bits per heavy atom. The van der Waals surface area contributed by atoms with Crippen LogP contribution in [0.1, 0.15) is 11.1 Å². The molecule has 3 amide bonds. The second-order valence-electron chi connectivity index (χ2n) is 6.40. The number of hydrogen-bond donors (Lipinski definition) is 0. The quantitative estimate of drug-likeness (QED) is 0.819. The van der Waals surface area contributed by atoms with Gasteiger partial charge in [0.25, 0.3) is 5.91 Å². The van der Waals surface area contributed by atoms with Crippen molar-refractivity contribution >= 4 is 29.4 Å². The van der Waals surface area contributed by atoms with E-state index in [0.29, 0.717) is 6.54 Å². The molecule has 0 saturated carbocycles. The third kappa shape index (κ3) is 2.80. The monoisotopic (exact) mass is 368 g/mol. The van der Waals surface area contributed by atoms with Crippen molar-refractivity contribution < 1.29 is 14.0 Å². The van der Waals surface area contributed by atoms with Gasteiger partial charge in [-0.1, -0.05) is 48.0 Å². The van der Waals surface area contributed by atoms with Gasteiger partial charge in [0.15, 0.2) is 0 Å². The van der Waals surface area contributed by atoms with Gasteiger partial charge in [-0.05, 0) is 30.0 Å². The van der Waals surface area contributed by atoms with E-state index in [1.54, 1.807) is 11.0 Å². The first-order valence-corrected chi connectivity index (χ1v) is 9.27. The number of urea groups is 1. The molecule has 4 rings (SSSR count). The number of anilines is 1. The number of aryl methyl sites for hydroxylation is 1. The van der Waals surface area contributed by atoms with Crippen LogP contribution in [0.2, 0.25) is 0 Å². The van der Waals surface area contributed by atoms with Crippen molar-refractivity contribution in [3.63, 3.8) is 0 Å². The molecule has 0 N–H and O–H groups in total. The van der Waals surface area contributed by atoms with E-state index in [1.807, 2.05) is 42.7 Å². The number of amides is 3. The van der Waals surface area contributed by atoms with Crippen LogP contribution in [0.25, 0.3) is 0 Å². The Kier molecular flexibility index (Phi) is 4.28. The van der Waals surface area contributed by atoms with E-state index in [2.05, 4.69) is 0 Å². The van der Waals surface area contributed by atoms with Crippen molar-refractivity contribution in [3.05, 3.63) is 77.0 Å². The van der Waals surface area contributed by atoms with Crippen LogP contribution in [0.5, 0.6) is 0 Å². The number of imide groups is 1. The minimum Gasteiger partial charge on any atom is -0.312 e. The summed E-state index contributed by atoms with van der Waals surface area (Å²) < 4.78 is 14.3. The molecule has 0 radical (unpaired) electrons. The minimum absolute atomic E-state index is 0.00218. The van der Waals surface area contributed by atoms with Crippen LogP contribution >= 0.6 is 11.8 Å². The summed E-state index contributed by atoms with van der Waals surface area (Å²) in [5, 5.41) is 1.39. The highest BCUT2D eigenvalue weighted by molar-refractivity contribution is 8.03. The summed E-state index contributed by atoms with van der Waals surface area (Å²) in [7, 11) is 0. The third-order valence-corrected chi connectivity index (χ3v) is 5.73. The summed E-state index contributed by atoms with van der Waals surface area (Å²) >= 11 is 1.37. The van der Waals surface area contributed by atoms with Gasteiger partial charge in [0, 0.05) is 6.54 Å². The number of carbonyl (C=O) groups excluding carboxylic acids is 2. The summed E-state index contributed by atoms with van der Waals surface area (Å²) in [4.78, 5) is 28.6. The lowest BCUT2D eigenvalue weighted by molar-refractivity contribution is -0.119. The van der Waals surface area contributed by atoms with E-state index in [4.69, 9.17) is 0 Å². The first-order valence-electron chi connectivity index (χ1n) is 8.33. The summed E-state index contributed by atoms with van der Waals surface area (Å²) in [6.45, 7) is 2.37. The lowest BCUT2D eigenvalue weighted by Gasteiger charge is -2.41.